The summed E-state index contributed by atoms with van der Waals surface area (Å²) in [6.45, 7) is 3.20. The largest absolute Gasteiger partial charge is 0.340 e. The number of amides is 1. The monoisotopic (exact) mass is 272 g/mol. The molecule has 18 heavy (non-hydrogen) atoms. The Hall–Kier alpha value is -0.620. The number of sulfone groups is 1. The SMILES string of the molecule is O=C(C1CC1)N1CCN(C2CCS(=O)(=O)C2)CC1. The van der Waals surface area contributed by atoms with E-state index in [-0.39, 0.29) is 6.04 Å². The lowest BCUT2D eigenvalue weighted by Gasteiger charge is -2.37. The minimum atomic E-state index is -2.80. The molecule has 1 atom stereocenters. The van der Waals surface area contributed by atoms with Gasteiger partial charge in [-0.25, -0.2) is 8.42 Å². The number of nitrogens with zero attached hydrogens (tertiary/aromatic N) is 2. The van der Waals surface area contributed by atoms with Crippen molar-refractivity contribution in [1.82, 2.24) is 9.80 Å². The maximum atomic E-state index is 11.9. The first-order chi connectivity index (χ1) is 8.55. The first-order valence-corrected chi connectivity index (χ1v) is 8.60. The Morgan fingerprint density at radius 2 is 1.67 bits per heavy atom. The van der Waals surface area contributed by atoms with Crippen molar-refractivity contribution in [3.05, 3.63) is 0 Å². The molecule has 5 nitrogen and oxygen atoms in total. The smallest absolute Gasteiger partial charge is 0.225 e. The van der Waals surface area contributed by atoms with Gasteiger partial charge in [0.1, 0.15) is 0 Å². The molecule has 2 heterocycles. The first-order valence-electron chi connectivity index (χ1n) is 6.78. The van der Waals surface area contributed by atoms with Gasteiger partial charge in [-0.15, -0.1) is 0 Å². The summed E-state index contributed by atoms with van der Waals surface area (Å²) >= 11 is 0. The van der Waals surface area contributed by atoms with Gasteiger partial charge < -0.3 is 4.90 Å². The quantitative estimate of drug-likeness (QED) is 0.694. The molecule has 0 bridgehead atoms. The van der Waals surface area contributed by atoms with E-state index in [4.69, 9.17) is 0 Å². The summed E-state index contributed by atoms with van der Waals surface area (Å²) in [5.41, 5.74) is 0. The normalized spacial score (nSPS) is 32.7. The van der Waals surface area contributed by atoms with Gasteiger partial charge in [0.2, 0.25) is 5.91 Å². The van der Waals surface area contributed by atoms with E-state index in [9.17, 15) is 13.2 Å². The topological polar surface area (TPSA) is 57.7 Å². The van der Waals surface area contributed by atoms with Crippen LogP contribution in [0.25, 0.3) is 0 Å². The fourth-order valence-electron chi connectivity index (χ4n) is 2.96. The molecule has 0 N–H and O–H groups in total. The van der Waals surface area contributed by atoms with Gasteiger partial charge in [0, 0.05) is 38.1 Å². The van der Waals surface area contributed by atoms with Crippen molar-refractivity contribution < 1.29 is 13.2 Å². The molecule has 0 aromatic carbocycles. The summed E-state index contributed by atoms with van der Waals surface area (Å²) in [6.07, 6.45) is 2.87. The zero-order valence-corrected chi connectivity index (χ0v) is 11.4. The molecule has 102 valence electrons. The van der Waals surface area contributed by atoms with Crippen LogP contribution in [0, 0.1) is 5.92 Å². The van der Waals surface area contributed by atoms with Crippen LogP contribution in [0.3, 0.4) is 0 Å². The molecule has 1 saturated carbocycles. The lowest BCUT2D eigenvalue weighted by atomic mass is 10.2. The van der Waals surface area contributed by atoms with Crippen LogP contribution in [0.5, 0.6) is 0 Å². The second-order valence-electron chi connectivity index (χ2n) is 5.69. The molecule has 1 unspecified atom stereocenters. The Labute approximate surface area is 108 Å². The summed E-state index contributed by atoms with van der Waals surface area (Å²) < 4.78 is 22.9. The molecule has 0 aromatic heterocycles. The standard InChI is InChI=1S/C12H20N2O3S/c15-12(10-1-2-10)14-6-4-13(5-7-14)11-3-8-18(16,17)9-11/h10-11H,1-9H2. The van der Waals surface area contributed by atoms with Crippen molar-refractivity contribution in [2.45, 2.75) is 25.3 Å². The molecule has 0 aromatic rings. The van der Waals surface area contributed by atoms with Crippen molar-refractivity contribution in [1.29, 1.82) is 0 Å². The van der Waals surface area contributed by atoms with Crippen molar-refractivity contribution in [2.24, 2.45) is 5.92 Å². The van der Waals surface area contributed by atoms with Gasteiger partial charge in [0.25, 0.3) is 0 Å². The fraction of sp³-hybridized carbons (Fsp3) is 0.917. The zero-order chi connectivity index (χ0) is 12.8. The van der Waals surface area contributed by atoms with E-state index < -0.39 is 9.84 Å². The summed E-state index contributed by atoms with van der Waals surface area (Å²) in [7, 11) is -2.80. The van der Waals surface area contributed by atoms with Gasteiger partial charge in [0.15, 0.2) is 9.84 Å². The van der Waals surface area contributed by atoms with Crippen LogP contribution in [0.15, 0.2) is 0 Å². The fourth-order valence-corrected chi connectivity index (χ4v) is 4.72. The van der Waals surface area contributed by atoms with Crippen LogP contribution >= 0.6 is 0 Å². The number of hydrogen-bond acceptors (Lipinski definition) is 4. The number of rotatable bonds is 2. The van der Waals surface area contributed by atoms with Crippen LogP contribution in [0.4, 0.5) is 0 Å². The highest BCUT2D eigenvalue weighted by Crippen LogP contribution is 2.31. The summed E-state index contributed by atoms with van der Waals surface area (Å²) in [5.74, 6) is 1.25. The van der Waals surface area contributed by atoms with Crippen LogP contribution in [-0.2, 0) is 14.6 Å². The Morgan fingerprint density at radius 3 is 2.17 bits per heavy atom. The van der Waals surface area contributed by atoms with Gasteiger partial charge >= 0.3 is 0 Å². The van der Waals surface area contributed by atoms with E-state index in [0.717, 1.165) is 45.4 Å². The molecule has 6 heteroatoms. The Bertz CT molecular complexity index is 436. The third-order valence-corrected chi connectivity index (χ3v) is 6.03. The highest BCUT2D eigenvalue weighted by atomic mass is 32.2. The zero-order valence-electron chi connectivity index (χ0n) is 10.5. The van der Waals surface area contributed by atoms with E-state index in [1.54, 1.807) is 0 Å². The van der Waals surface area contributed by atoms with Gasteiger partial charge in [0.05, 0.1) is 11.5 Å². The summed E-state index contributed by atoms with van der Waals surface area (Å²) in [6, 6.07) is 0.188. The van der Waals surface area contributed by atoms with Gasteiger partial charge in [-0.3, -0.25) is 9.69 Å². The van der Waals surface area contributed by atoms with Gasteiger partial charge in [-0.2, -0.15) is 0 Å². The summed E-state index contributed by atoms with van der Waals surface area (Å²) in [4.78, 5) is 16.1. The van der Waals surface area contributed by atoms with E-state index in [2.05, 4.69) is 4.90 Å². The van der Waals surface area contributed by atoms with Gasteiger partial charge in [-0.1, -0.05) is 0 Å². The lowest BCUT2D eigenvalue weighted by molar-refractivity contribution is -0.134. The highest BCUT2D eigenvalue weighted by Gasteiger charge is 2.37. The molecule has 2 saturated heterocycles. The Morgan fingerprint density at radius 1 is 1.00 bits per heavy atom. The molecule has 3 rings (SSSR count). The summed E-state index contributed by atoms with van der Waals surface area (Å²) in [5, 5.41) is 0. The first kappa shape index (κ1) is 12.4. The molecule has 3 aliphatic rings. The maximum absolute atomic E-state index is 11.9. The van der Waals surface area contributed by atoms with Crippen molar-refractivity contribution in [3.63, 3.8) is 0 Å². The predicted molar refractivity (Wildman–Crippen MR) is 67.9 cm³/mol. The second kappa shape index (κ2) is 4.49. The third kappa shape index (κ3) is 2.54. The molecule has 0 spiro atoms. The van der Waals surface area contributed by atoms with E-state index >= 15 is 0 Å². The maximum Gasteiger partial charge on any atom is 0.225 e. The molecule has 1 amide bonds. The van der Waals surface area contributed by atoms with Crippen molar-refractivity contribution in [3.8, 4) is 0 Å². The number of hydrogen-bond donors (Lipinski definition) is 0. The van der Waals surface area contributed by atoms with Crippen LogP contribution in [-0.4, -0.2) is 67.9 Å². The average Bonchev–Trinajstić information content (AvgIpc) is 3.13. The number of piperazine rings is 1. The Balaban J connectivity index is 1.52. The highest BCUT2D eigenvalue weighted by molar-refractivity contribution is 7.91. The minimum absolute atomic E-state index is 0.188. The molecule has 0 radical (unpaired) electrons. The second-order valence-corrected chi connectivity index (χ2v) is 7.92. The van der Waals surface area contributed by atoms with Gasteiger partial charge in [-0.05, 0) is 19.3 Å². The van der Waals surface area contributed by atoms with Crippen LogP contribution < -0.4 is 0 Å². The van der Waals surface area contributed by atoms with E-state index in [0.29, 0.717) is 23.3 Å². The number of carbonyl (C=O) groups excluding carboxylic acids is 1. The molecule has 1 aliphatic carbocycles. The van der Waals surface area contributed by atoms with E-state index in [1.165, 1.54) is 0 Å². The minimum Gasteiger partial charge on any atom is -0.340 e. The molecular weight excluding hydrogens is 252 g/mol. The number of carbonyl (C=O) groups is 1. The van der Waals surface area contributed by atoms with Crippen molar-refractivity contribution >= 4 is 15.7 Å². The lowest BCUT2D eigenvalue weighted by Crippen LogP contribution is -2.52. The van der Waals surface area contributed by atoms with Crippen LogP contribution in [0.2, 0.25) is 0 Å². The molecule has 3 fully saturated rings. The molecular formula is C12H20N2O3S. The predicted octanol–water partition coefficient (Wildman–Crippen LogP) is -0.272. The third-order valence-electron chi connectivity index (χ3n) is 4.28. The Kier molecular flexibility index (Phi) is 3.10. The molecule has 2 aliphatic heterocycles. The van der Waals surface area contributed by atoms with Crippen LogP contribution in [0.1, 0.15) is 19.3 Å². The average molecular weight is 272 g/mol. The van der Waals surface area contributed by atoms with Crippen molar-refractivity contribution in [2.75, 3.05) is 37.7 Å². The van der Waals surface area contributed by atoms with E-state index in [1.807, 2.05) is 4.90 Å².